The molecule has 2 heterocycles. The van der Waals surface area contributed by atoms with Crippen LogP contribution in [0.1, 0.15) is 30.9 Å². The molecule has 0 radical (unpaired) electrons. The van der Waals surface area contributed by atoms with Crippen molar-refractivity contribution >= 4 is 17.2 Å². The van der Waals surface area contributed by atoms with Crippen LogP contribution in [0, 0.1) is 10.1 Å². The van der Waals surface area contributed by atoms with E-state index in [1.54, 1.807) is 31.5 Å². The van der Waals surface area contributed by atoms with Crippen molar-refractivity contribution in [1.29, 1.82) is 0 Å². The molecular weight excluding hydrogens is 386 g/mol. The molecule has 8 heteroatoms. The van der Waals surface area contributed by atoms with Crippen LogP contribution in [-0.4, -0.2) is 36.2 Å². The fourth-order valence-corrected chi connectivity index (χ4v) is 3.62. The Hall–Kier alpha value is -3.52. The maximum absolute atomic E-state index is 13.0. The first-order valence-corrected chi connectivity index (χ1v) is 9.43. The van der Waals surface area contributed by atoms with Crippen molar-refractivity contribution in [3.8, 4) is 0 Å². The monoisotopic (exact) mass is 409 g/mol. The third-order valence-corrected chi connectivity index (χ3v) is 4.89. The minimum Gasteiger partial charge on any atom is -0.460 e. The standard InChI is InChI=1S/C22H23N3O5/c1-14-19(17-7-5-9-23-13-17)21(16-6-4-8-18(12-16)25(27)28)20(15(2)24-14)22(26)30-11-10-29-3/h4-9,12-13,21,24H,10-11H2,1-3H3. The van der Waals surface area contributed by atoms with E-state index in [2.05, 4.69) is 10.3 Å². The number of nitrogens with one attached hydrogen (secondary N) is 1. The number of nitro groups is 1. The number of hydrogen-bond donors (Lipinski definition) is 1. The SMILES string of the molecule is COCCOC(=O)C1=C(C)NC(C)=C(c2cccnc2)C1c1cccc([N+](=O)[O-])c1. The van der Waals surface area contributed by atoms with E-state index < -0.39 is 16.8 Å². The number of hydrogen-bond acceptors (Lipinski definition) is 7. The van der Waals surface area contributed by atoms with Gasteiger partial charge in [0.2, 0.25) is 0 Å². The van der Waals surface area contributed by atoms with Crippen LogP contribution in [0.5, 0.6) is 0 Å². The molecule has 156 valence electrons. The zero-order chi connectivity index (χ0) is 21.7. The van der Waals surface area contributed by atoms with Gasteiger partial charge in [-0.25, -0.2) is 4.79 Å². The minimum atomic E-state index is -0.551. The average Bonchev–Trinajstić information content (AvgIpc) is 2.74. The number of rotatable bonds is 7. The number of ether oxygens (including phenoxy) is 2. The summed E-state index contributed by atoms with van der Waals surface area (Å²) in [7, 11) is 1.53. The summed E-state index contributed by atoms with van der Waals surface area (Å²) in [6, 6.07) is 10.0. The van der Waals surface area contributed by atoms with Gasteiger partial charge >= 0.3 is 5.97 Å². The van der Waals surface area contributed by atoms with E-state index in [0.717, 1.165) is 16.8 Å². The molecule has 0 saturated carbocycles. The van der Waals surface area contributed by atoms with Gasteiger partial charge in [0.25, 0.3) is 5.69 Å². The van der Waals surface area contributed by atoms with Crippen LogP contribution in [0.25, 0.3) is 5.57 Å². The lowest BCUT2D eigenvalue weighted by Gasteiger charge is -2.31. The highest BCUT2D eigenvalue weighted by atomic mass is 16.6. The Labute approximate surface area is 174 Å². The number of pyridine rings is 1. The first-order valence-electron chi connectivity index (χ1n) is 9.43. The number of methoxy groups -OCH3 is 1. The van der Waals surface area contributed by atoms with E-state index in [0.29, 0.717) is 16.8 Å². The van der Waals surface area contributed by atoms with Crippen molar-refractivity contribution in [1.82, 2.24) is 10.3 Å². The highest BCUT2D eigenvalue weighted by Gasteiger charge is 2.35. The topological polar surface area (TPSA) is 104 Å². The van der Waals surface area contributed by atoms with Gasteiger partial charge in [-0.3, -0.25) is 15.1 Å². The van der Waals surface area contributed by atoms with Crippen LogP contribution < -0.4 is 5.32 Å². The number of nitro benzene ring substituents is 1. The Morgan fingerprint density at radius 1 is 1.20 bits per heavy atom. The predicted octanol–water partition coefficient (Wildman–Crippen LogP) is 3.57. The van der Waals surface area contributed by atoms with Gasteiger partial charge in [0.1, 0.15) is 6.61 Å². The van der Waals surface area contributed by atoms with E-state index in [1.165, 1.54) is 19.2 Å². The maximum Gasteiger partial charge on any atom is 0.336 e. The van der Waals surface area contributed by atoms with Crippen molar-refractivity contribution < 1.29 is 19.2 Å². The predicted molar refractivity (Wildman–Crippen MR) is 111 cm³/mol. The molecule has 3 rings (SSSR count). The van der Waals surface area contributed by atoms with Crippen molar-refractivity contribution in [3.05, 3.63) is 87.0 Å². The minimum absolute atomic E-state index is 0.0426. The smallest absolute Gasteiger partial charge is 0.336 e. The van der Waals surface area contributed by atoms with Crippen LogP contribution in [-0.2, 0) is 14.3 Å². The highest BCUT2D eigenvalue weighted by molar-refractivity contribution is 5.97. The Balaban J connectivity index is 2.15. The molecule has 0 bridgehead atoms. The lowest BCUT2D eigenvalue weighted by molar-refractivity contribution is -0.384. The summed E-state index contributed by atoms with van der Waals surface area (Å²) in [5.74, 6) is -1.05. The van der Waals surface area contributed by atoms with Gasteiger partial charge in [-0.1, -0.05) is 18.2 Å². The zero-order valence-electron chi connectivity index (χ0n) is 17.0. The largest absolute Gasteiger partial charge is 0.460 e. The summed E-state index contributed by atoms with van der Waals surface area (Å²) < 4.78 is 10.4. The van der Waals surface area contributed by atoms with E-state index in [9.17, 15) is 14.9 Å². The van der Waals surface area contributed by atoms with Gasteiger partial charge in [0.05, 0.1) is 17.1 Å². The molecule has 8 nitrogen and oxygen atoms in total. The lowest BCUT2D eigenvalue weighted by Crippen LogP contribution is -2.29. The van der Waals surface area contributed by atoms with Crippen molar-refractivity contribution in [3.63, 3.8) is 0 Å². The molecule has 30 heavy (non-hydrogen) atoms. The molecule has 1 N–H and O–H groups in total. The molecule has 1 atom stereocenters. The van der Waals surface area contributed by atoms with E-state index >= 15 is 0 Å². The highest BCUT2D eigenvalue weighted by Crippen LogP contribution is 2.44. The fraction of sp³-hybridized carbons (Fsp3) is 0.273. The second-order valence-electron chi connectivity index (χ2n) is 6.86. The molecule has 0 spiro atoms. The van der Waals surface area contributed by atoms with Gasteiger partial charge in [-0.15, -0.1) is 0 Å². The van der Waals surface area contributed by atoms with Crippen molar-refractivity contribution in [2.45, 2.75) is 19.8 Å². The summed E-state index contributed by atoms with van der Waals surface area (Å²) in [6.07, 6.45) is 3.37. The number of aromatic nitrogens is 1. The number of non-ortho nitro benzene ring substituents is 1. The number of dihydropyridines is 1. The molecule has 0 aliphatic carbocycles. The number of allylic oxidation sites excluding steroid dienone is 3. The number of benzene rings is 1. The first kappa shape index (κ1) is 21.2. The van der Waals surface area contributed by atoms with Crippen LogP contribution in [0.3, 0.4) is 0 Å². The molecule has 0 saturated heterocycles. The Morgan fingerprint density at radius 3 is 2.67 bits per heavy atom. The van der Waals surface area contributed by atoms with E-state index in [1.807, 2.05) is 19.1 Å². The quantitative estimate of drug-likeness (QED) is 0.323. The number of carbonyl (C=O) groups excluding carboxylic acids is 1. The van der Waals surface area contributed by atoms with Crippen molar-refractivity contribution in [2.75, 3.05) is 20.3 Å². The molecule has 1 aliphatic rings. The Kier molecular flexibility index (Phi) is 6.58. The van der Waals surface area contributed by atoms with E-state index in [4.69, 9.17) is 9.47 Å². The average molecular weight is 409 g/mol. The van der Waals surface area contributed by atoms with E-state index in [-0.39, 0.29) is 18.9 Å². The molecule has 2 aromatic rings. The van der Waals surface area contributed by atoms with Crippen molar-refractivity contribution in [2.24, 2.45) is 0 Å². The fourth-order valence-electron chi connectivity index (χ4n) is 3.62. The summed E-state index contributed by atoms with van der Waals surface area (Å²) in [4.78, 5) is 28.1. The summed E-state index contributed by atoms with van der Waals surface area (Å²) in [5.41, 5.74) is 4.09. The van der Waals surface area contributed by atoms with Gasteiger partial charge in [0.15, 0.2) is 0 Å². The molecule has 1 aliphatic heterocycles. The Morgan fingerprint density at radius 2 is 2.00 bits per heavy atom. The third kappa shape index (κ3) is 4.38. The maximum atomic E-state index is 13.0. The van der Waals surface area contributed by atoms with Crippen LogP contribution in [0.2, 0.25) is 0 Å². The number of esters is 1. The van der Waals surface area contributed by atoms with Crippen LogP contribution >= 0.6 is 0 Å². The Bertz CT molecular complexity index is 1010. The van der Waals surface area contributed by atoms with Crippen LogP contribution in [0.4, 0.5) is 5.69 Å². The second kappa shape index (κ2) is 9.32. The first-order chi connectivity index (χ1) is 14.4. The number of carbonyl (C=O) groups is 1. The molecule has 1 aromatic heterocycles. The second-order valence-corrected chi connectivity index (χ2v) is 6.86. The molecule has 1 unspecified atom stereocenters. The number of nitrogens with zero attached hydrogens (tertiary/aromatic N) is 2. The molecule has 1 aromatic carbocycles. The molecule has 0 amide bonds. The molecular formula is C22H23N3O5. The van der Waals surface area contributed by atoms with Gasteiger partial charge in [-0.2, -0.15) is 0 Å². The van der Waals surface area contributed by atoms with Gasteiger partial charge in [0, 0.05) is 48.9 Å². The molecule has 0 fully saturated rings. The van der Waals surface area contributed by atoms with Crippen LogP contribution in [0.15, 0.2) is 65.8 Å². The normalized spacial score (nSPS) is 16.3. The van der Waals surface area contributed by atoms with Gasteiger partial charge in [-0.05, 0) is 36.6 Å². The zero-order valence-corrected chi connectivity index (χ0v) is 17.0. The third-order valence-electron chi connectivity index (χ3n) is 4.89. The lowest BCUT2D eigenvalue weighted by atomic mass is 9.78. The van der Waals surface area contributed by atoms with Gasteiger partial charge < -0.3 is 14.8 Å². The summed E-state index contributed by atoms with van der Waals surface area (Å²) in [5, 5.41) is 14.6. The summed E-state index contributed by atoms with van der Waals surface area (Å²) >= 11 is 0. The summed E-state index contributed by atoms with van der Waals surface area (Å²) in [6.45, 7) is 4.08.